The van der Waals surface area contributed by atoms with Gasteiger partial charge in [0.25, 0.3) is 5.91 Å². The molecule has 1 aliphatic carbocycles. The number of piperidine rings is 1. The van der Waals surface area contributed by atoms with Crippen LogP contribution in [0.15, 0.2) is 61.1 Å². The molecule has 42 heavy (non-hydrogen) atoms. The Hall–Kier alpha value is -4.02. The molecule has 0 spiro atoms. The van der Waals surface area contributed by atoms with Gasteiger partial charge < -0.3 is 24.4 Å². The summed E-state index contributed by atoms with van der Waals surface area (Å²) in [5, 5.41) is 3.12. The number of nitrogens with zero attached hydrogens (tertiary/aromatic N) is 4. The lowest BCUT2D eigenvalue weighted by molar-refractivity contribution is -0.126. The van der Waals surface area contributed by atoms with Crippen LogP contribution in [-0.2, 0) is 16.1 Å². The minimum Gasteiger partial charge on any atom is -0.497 e. The summed E-state index contributed by atoms with van der Waals surface area (Å²) in [5.74, 6) is 1.24. The van der Waals surface area contributed by atoms with Crippen LogP contribution in [0.2, 0.25) is 0 Å². The van der Waals surface area contributed by atoms with Crippen molar-refractivity contribution < 1.29 is 23.8 Å². The average molecular weight is 572 g/mol. The van der Waals surface area contributed by atoms with Gasteiger partial charge >= 0.3 is 0 Å². The number of methoxy groups -OCH3 is 2. The van der Waals surface area contributed by atoms with E-state index in [4.69, 9.17) is 14.2 Å². The van der Waals surface area contributed by atoms with Crippen molar-refractivity contribution in [3.05, 3.63) is 83.4 Å². The highest BCUT2D eigenvalue weighted by molar-refractivity contribution is 5.99. The summed E-state index contributed by atoms with van der Waals surface area (Å²) < 4.78 is 16.9. The van der Waals surface area contributed by atoms with Gasteiger partial charge in [0.05, 0.1) is 38.1 Å². The Morgan fingerprint density at radius 1 is 1.10 bits per heavy atom. The number of carbonyl (C=O) groups is 2. The first kappa shape index (κ1) is 28.1. The maximum Gasteiger partial charge on any atom is 0.258 e. The standard InChI is InChI=1S/C32H37N5O5/c1-20(22-11-24(40-2)15-25(12-22)41-3)35-31(38)28-14-23-13-27(23)37(28)32(39)26-16-33-19-34-30(26)29-18-36(9-10-42-29)17-21-7-5-4-6-8-21/h4-8,11-12,15-16,19-20,23,27-29H,9-10,13-14,17-18H2,1-3H3,(H,35,38)/t20-,23+,27+,28+,29?/m0/s1. The fourth-order valence-corrected chi connectivity index (χ4v) is 6.21. The van der Waals surface area contributed by atoms with E-state index >= 15 is 0 Å². The Kier molecular flexibility index (Phi) is 8.08. The van der Waals surface area contributed by atoms with Gasteiger partial charge in [0.15, 0.2) is 0 Å². The van der Waals surface area contributed by atoms with Crippen molar-refractivity contribution in [2.75, 3.05) is 33.9 Å². The van der Waals surface area contributed by atoms with E-state index in [1.807, 2.05) is 37.3 Å². The highest BCUT2D eigenvalue weighted by atomic mass is 16.5. The zero-order valence-corrected chi connectivity index (χ0v) is 24.2. The van der Waals surface area contributed by atoms with Crippen LogP contribution in [0.3, 0.4) is 0 Å². The van der Waals surface area contributed by atoms with E-state index < -0.39 is 6.04 Å². The topological polar surface area (TPSA) is 106 Å². The zero-order chi connectivity index (χ0) is 29.2. The van der Waals surface area contributed by atoms with E-state index in [1.54, 1.807) is 31.4 Å². The first-order chi connectivity index (χ1) is 20.4. The Morgan fingerprint density at radius 2 is 1.86 bits per heavy atom. The first-order valence-electron chi connectivity index (χ1n) is 14.5. The van der Waals surface area contributed by atoms with E-state index in [-0.39, 0.29) is 30.0 Å². The molecule has 10 heteroatoms. The van der Waals surface area contributed by atoms with Crippen LogP contribution in [0.5, 0.6) is 11.5 Å². The third-order valence-corrected chi connectivity index (χ3v) is 8.55. The monoisotopic (exact) mass is 571 g/mol. The van der Waals surface area contributed by atoms with E-state index in [0.717, 1.165) is 25.1 Å². The largest absolute Gasteiger partial charge is 0.497 e. The highest BCUT2D eigenvalue weighted by Gasteiger charge is 2.56. The fraction of sp³-hybridized carbons (Fsp3) is 0.438. The predicted molar refractivity (Wildman–Crippen MR) is 155 cm³/mol. The lowest BCUT2D eigenvalue weighted by atomic mass is 10.0. The van der Waals surface area contributed by atoms with E-state index in [9.17, 15) is 9.59 Å². The number of nitrogens with one attached hydrogen (secondary N) is 1. The molecule has 3 aromatic rings. The van der Waals surface area contributed by atoms with Crippen molar-refractivity contribution in [3.63, 3.8) is 0 Å². The third-order valence-electron chi connectivity index (χ3n) is 8.55. The molecule has 2 amide bonds. The Bertz CT molecular complexity index is 1410. The summed E-state index contributed by atoms with van der Waals surface area (Å²) in [6.45, 7) is 4.67. The number of ether oxygens (including phenoxy) is 3. The molecule has 1 aromatic heterocycles. The number of morpholine rings is 1. The van der Waals surface area contributed by atoms with Gasteiger partial charge in [-0.2, -0.15) is 0 Å². The number of likely N-dealkylation sites (tertiary alicyclic amines) is 1. The predicted octanol–water partition coefficient (Wildman–Crippen LogP) is 3.55. The summed E-state index contributed by atoms with van der Waals surface area (Å²) in [6.07, 6.45) is 4.22. The molecule has 2 aliphatic heterocycles. The smallest absolute Gasteiger partial charge is 0.258 e. The van der Waals surface area contributed by atoms with Crippen LogP contribution in [0.4, 0.5) is 0 Å². The fourth-order valence-electron chi connectivity index (χ4n) is 6.21. The first-order valence-corrected chi connectivity index (χ1v) is 14.5. The highest BCUT2D eigenvalue weighted by Crippen LogP contribution is 2.48. The molecule has 1 unspecified atom stereocenters. The number of benzene rings is 2. The van der Waals surface area contributed by atoms with Crippen molar-refractivity contribution in [1.82, 2.24) is 25.1 Å². The van der Waals surface area contributed by atoms with Crippen LogP contribution >= 0.6 is 0 Å². The van der Waals surface area contributed by atoms with Gasteiger partial charge in [-0.05, 0) is 48.9 Å². The molecule has 3 fully saturated rings. The number of amides is 2. The number of fused-ring (bicyclic) bond motifs is 1. The molecule has 3 heterocycles. The van der Waals surface area contributed by atoms with Crippen molar-refractivity contribution in [2.24, 2.45) is 5.92 Å². The van der Waals surface area contributed by atoms with E-state index in [2.05, 4.69) is 32.3 Å². The van der Waals surface area contributed by atoms with Crippen molar-refractivity contribution in [2.45, 2.75) is 50.5 Å². The second-order valence-corrected chi connectivity index (χ2v) is 11.3. The summed E-state index contributed by atoms with van der Waals surface area (Å²) in [5.41, 5.74) is 3.06. The van der Waals surface area contributed by atoms with Gasteiger partial charge in [-0.3, -0.25) is 14.5 Å². The van der Waals surface area contributed by atoms with E-state index in [0.29, 0.717) is 48.2 Å². The van der Waals surface area contributed by atoms with Crippen molar-refractivity contribution in [3.8, 4) is 11.5 Å². The lowest BCUT2D eigenvalue weighted by Crippen LogP contribution is -2.49. The van der Waals surface area contributed by atoms with Gasteiger partial charge in [0, 0.05) is 37.9 Å². The molecule has 1 N–H and O–H groups in total. The summed E-state index contributed by atoms with van der Waals surface area (Å²) >= 11 is 0. The van der Waals surface area contributed by atoms with Gasteiger partial charge in [0.1, 0.15) is 30.0 Å². The number of hydrogen-bond donors (Lipinski definition) is 1. The molecule has 2 aromatic carbocycles. The Morgan fingerprint density at radius 3 is 2.60 bits per heavy atom. The number of hydrogen-bond acceptors (Lipinski definition) is 8. The summed E-state index contributed by atoms with van der Waals surface area (Å²) in [6, 6.07) is 15.0. The SMILES string of the molecule is COc1cc(OC)cc([C@H](C)NC(=O)[C@H]2C[C@H]3C[C@H]3N2C(=O)c2cncnc2C2CN(Cc3ccccc3)CCO2)c1. The minimum atomic E-state index is -0.564. The molecular formula is C32H37N5O5. The number of aromatic nitrogens is 2. The normalized spacial score (nSPS) is 24.0. The molecule has 6 rings (SSSR count). The second kappa shape index (κ2) is 12.1. The lowest BCUT2D eigenvalue weighted by Gasteiger charge is -2.34. The van der Waals surface area contributed by atoms with Gasteiger partial charge in [-0.25, -0.2) is 9.97 Å². The van der Waals surface area contributed by atoms with Crippen LogP contribution in [0.25, 0.3) is 0 Å². The van der Waals surface area contributed by atoms with Crippen molar-refractivity contribution in [1.29, 1.82) is 0 Å². The molecule has 10 nitrogen and oxygen atoms in total. The zero-order valence-electron chi connectivity index (χ0n) is 24.2. The maximum absolute atomic E-state index is 14.1. The van der Waals surface area contributed by atoms with Crippen LogP contribution in [0.1, 0.15) is 59.1 Å². The van der Waals surface area contributed by atoms with Crippen molar-refractivity contribution >= 4 is 11.8 Å². The number of rotatable bonds is 9. The third kappa shape index (κ3) is 5.82. The van der Waals surface area contributed by atoms with Crippen LogP contribution in [0, 0.1) is 5.92 Å². The van der Waals surface area contributed by atoms with Crippen LogP contribution in [-0.4, -0.2) is 77.6 Å². The minimum absolute atomic E-state index is 0.0513. The molecule has 1 saturated carbocycles. The molecule has 220 valence electrons. The molecule has 2 saturated heterocycles. The Labute approximate surface area is 246 Å². The van der Waals surface area contributed by atoms with Gasteiger partial charge in [0.2, 0.25) is 5.91 Å². The molecule has 5 atom stereocenters. The molecular weight excluding hydrogens is 534 g/mol. The van der Waals surface area contributed by atoms with Gasteiger partial charge in [-0.1, -0.05) is 30.3 Å². The van der Waals surface area contributed by atoms with E-state index in [1.165, 1.54) is 11.9 Å². The molecule has 3 aliphatic rings. The number of carbonyl (C=O) groups excluding carboxylic acids is 2. The average Bonchev–Trinajstić information content (AvgIpc) is 3.69. The quantitative estimate of drug-likeness (QED) is 0.416. The molecule has 0 radical (unpaired) electrons. The Balaban J connectivity index is 1.18. The summed E-state index contributed by atoms with van der Waals surface area (Å²) in [7, 11) is 3.19. The summed E-state index contributed by atoms with van der Waals surface area (Å²) in [4.78, 5) is 40.5. The maximum atomic E-state index is 14.1. The second-order valence-electron chi connectivity index (χ2n) is 11.3. The van der Waals surface area contributed by atoms with Gasteiger partial charge in [-0.15, -0.1) is 0 Å². The molecule has 0 bridgehead atoms. The van der Waals surface area contributed by atoms with Crippen LogP contribution < -0.4 is 14.8 Å².